The van der Waals surface area contributed by atoms with Crippen molar-refractivity contribution in [3.05, 3.63) is 57.4 Å². The molecule has 0 saturated carbocycles. The molecule has 2 atom stereocenters. The van der Waals surface area contributed by atoms with Crippen molar-refractivity contribution in [1.82, 2.24) is 9.55 Å². The zero-order chi connectivity index (χ0) is 20.5. The zero-order valence-corrected chi connectivity index (χ0v) is 15.9. The predicted molar refractivity (Wildman–Crippen MR) is 105 cm³/mol. The van der Waals surface area contributed by atoms with E-state index in [0.29, 0.717) is 28.2 Å². The van der Waals surface area contributed by atoms with Crippen LogP contribution in [0.1, 0.15) is 36.3 Å². The molecule has 2 aliphatic rings. The van der Waals surface area contributed by atoms with E-state index in [1.807, 2.05) is 18.2 Å². The van der Waals surface area contributed by atoms with Crippen LogP contribution in [0.15, 0.2) is 35.1 Å². The second-order valence-electron chi connectivity index (χ2n) is 7.32. The van der Waals surface area contributed by atoms with Gasteiger partial charge < -0.3 is 20.3 Å². The zero-order valence-electron chi connectivity index (χ0n) is 15.9. The van der Waals surface area contributed by atoms with Crippen LogP contribution in [-0.4, -0.2) is 27.7 Å². The van der Waals surface area contributed by atoms with Gasteiger partial charge in [-0.25, -0.2) is 9.78 Å². The number of nitrogen functional groups attached to an aromatic ring is 1. The first kappa shape index (κ1) is 17.8. The van der Waals surface area contributed by atoms with Gasteiger partial charge in [-0.3, -0.25) is 9.36 Å². The van der Waals surface area contributed by atoms with Crippen LogP contribution < -0.4 is 11.3 Å². The number of fused-ring (bicyclic) bond motifs is 5. The number of ether oxygens (including phenoxy) is 2. The van der Waals surface area contributed by atoms with Crippen molar-refractivity contribution >= 4 is 22.6 Å². The number of carbonyl (C=O) groups is 1. The fourth-order valence-corrected chi connectivity index (χ4v) is 4.29. The first-order chi connectivity index (χ1) is 13.9. The quantitative estimate of drug-likeness (QED) is 0.504. The van der Waals surface area contributed by atoms with Gasteiger partial charge in [-0.1, -0.05) is 13.0 Å². The largest absolute Gasteiger partial charge is 0.458 e. The van der Waals surface area contributed by atoms with Gasteiger partial charge in [-0.2, -0.15) is 0 Å². The number of nitrogens with zero attached hydrogens (tertiary/aromatic N) is 2. The lowest BCUT2D eigenvalue weighted by Gasteiger charge is -2.32. The summed E-state index contributed by atoms with van der Waals surface area (Å²) in [6.07, 6.45) is -0.606. The smallest absolute Gasteiger partial charge is 0.343 e. The van der Waals surface area contributed by atoms with Crippen molar-refractivity contribution in [3.8, 4) is 11.4 Å². The first-order valence-corrected chi connectivity index (χ1v) is 9.31. The summed E-state index contributed by atoms with van der Waals surface area (Å²) < 4.78 is 12.2. The molecule has 1 unspecified atom stereocenters. The third-order valence-corrected chi connectivity index (χ3v) is 5.87. The Kier molecular flexibility index (Phi) is 3.62. The second-order valence-corrected chi connectivity index (χ2v) is 7.32. The van der Waals surface area contributed by atoms with E-state index in [4.69, 9.17) is 20.2 Å². The minimum absolute atomic E-state index is 0.0873. The number of hydrogen-bond donors (Lipinski definition) is 2. The number of anilines is 1. The lowest BCUT2D eigenvalue weighted by atomic mass is 9.86. The minimum Gasteiger partial charge on any atom is -0.458 e. The van der Waals surface area contributed by atoms with Crippen LogP contribution in [0.25, 0.3) is 22.3 Å². The highest BCUT2D eigenvalue weighted by atomic mass is 16.6. The summed E-state index contributed by atoms with van der Waals surface area (Å²) in [4.78, 5) is 30.3. The number of cyclic esters (lactones) is 1. The van der Waals surface area contributed by atoms with Crippen molar-refractivity contribution in [2.45, 2.75) is 31.8 Å². The van der Waals surface area contributed by atoms with E-state index < -0.39 is 17.8 Å². The third-order valence-electron chi connectivity index (χ3n) is 5.87. The molecule has 148 valence electrons. The van der Waals surface area contributed by atoms with Gasteiger partial charge in [0, 0.05) is 29.3 Å². The molecule has 0 radical (unpaired) electrons. The third kappa shape index (κ3) is 2.18. The number of aromatic nitrogens is 2. The molecule has 0 amide bonds. The molecule has 8 heteroatoms. The van der Waals surface area contributed by atoms with Gasteiger partial charge in [0.05, 0.1) is 22.5 Å². The highest BCUT2D eigenvalue weighted by Gasteiger charge is 2.46. The maximum absolute atomic E-state index is 13.3. The molecule has 2 aliphatic heterocycles. The molecule has 3 aromatic rings. The van der Waals surface area contributed by atoms with Crippen LogP contribution in [0.3, 0.4) is 0 Å². The van der Waals surface area contributed by atoms with E-state index in [0.717, 1.165) is 5.39 Å². The molecule has 0 bridgehead atoms. The number of nitrogens with two attached hydrogens (primary N) is 1. The van der Waals surface area contributed by atoms with E-state index in [1.54, 1.807) is 19.1 Å². The Labute approximate surface area is 165 Å². The summed E-state index contributed by atoms with van der Waals surface area (Å²) in [5.74, 6) is -0.752. The monoisotopic (exact) mass is 393 g/mol. The van der Waals surface area contributed by atoms with Gasteiger partial charge in [0.25, 0.3) is 5.56 Å². The van der Waals surface area contributed by atoms with Crippen molar-refractivity contribution in [1.29, 1.82) is 0 Å². The standard InChI is InChI=1S/C21H19N3O5/c1-3-21(27)13-8-16-17-11(7-10-14(22)5-4-6-15(10)23-17)19(28-2)24(16)18(25)12(13)9-29-20(21)26/h4-8,19,27H,3,9,22H2,1-2H3/t19?,21-/m0/s1. The highest BCUT2D eigenvalue weighted by Crippen LogP contribution is 2.43. The SMILES string of the molecule is CC[C@@]1(O)C(=O)OCc2c1cc1n(c2=O)C(OC)c2cc3c(N)cccc3nc2-1. The molecular weight excluding hydrogens is 374 g/mol. The van der Waals surface area contributed by atoms with E-state index in [2.05, 4.69) is 0 Å². The molecule has 2 aromatic heterocycles. The van der Waals surface area contributed by atoms with Gasteiger partial charge in [-0.15, -0.1) is 0 Å². The van der Waals surface area contributed by atoms with Crippen LogP contribution in [0.2, 0.25) is 0 Å². The van der Waals surface area contributed by atoms with Crippen molar-refractivity contribution in [2.75, 3.05) is 12.8 Å². The average Bonchev–Trinajstić information content (AvgIpc) is 3.03. The highest BCUT2D eigenvalue weighted by molar-refractivity contribution is 5.93. The number of carbonyl (C=O) groups excluding carboxylic acids is 1. The molecule has 0 aliphatic carbocycles. The van der Waals surface area contributed by atoms with Crippen molar-refractivity contribution in [2.24, 2.45) is 0 Å². The topological polar surface area (TPSA) is 117 Å². The van der Waals surface area contributed by atoms with Gasteiger partial charge in [0.2, 0.25) is 0 Å². The Morgan fingerprint density at radius 2 is 2.17 bits per heavy atom. The molecular formula is C21H19N3O5. The lowest BCUT2D eigenvalue weighted by molar-refractivity contribution is -0.172. The molecule has 3 N–H and O–H groups in total. The number of benzene rings is 1. The number of rotatable bonds is 2. The summed E-state index contributed by atoms with van der Waals surface area (Å²) in [6.45, 7) is 1.48. The maximum atomic E-state index is 13.3. The van der Waals surface area contributed by atoms with Gasteiger partial charge in [0.15, 0.2) is 11.8 Å². The van der Waals surface area contributed by atoms with Crippen LogP contribution in [0, 0.1) is 0 Å². The van der Waals surface area contributed by atoms with Crippen molar-refractivity contribution in [3.63, 3.8) is 0 Å². The summed E-state index contributed by atoms with van der Waals surface area (Å²) in [6, 6.07) is 8.97. The Balaban J connectivity index is 1.87. The van der Waals surface area contributed by atoms with E-state index in [9.17, 15) is 14.7 Å². The Morgan fingerprint density at radius 1 is 1.38 bits per heavy atom. The number of esters is 1. The summed E-state index contributed by atoms with van der Waals surface area (Å²) in [5.41, 5.74) is 7.39. The molecule has 29 heavy (non-hydrogen) atoms. The minimum atomic E-state index is -1.87. The molecule has 5 rings (SSSR count). The number of aliphatic hydroxyl groups is 1. The molecule has 0 spiro atoms. The van der Waals surface area contributed by atoms with E-state index in [-0.39, 0.29) is 29.7 Å². The summed E-state index contributed by atoms with van der Waals surface area (Å²) in [7, 11) is 1.51. The molecule has 4 heterocycles. The fraction of sp³-hybridized carbons (Fsp3) is 0.286. The Morgan fingerprint density at radius 3 is 2.90 bits per heavy atom. The molecule has 0 fully saturated rings. The summed E-state index contributed by atoms with van der Waals surface area (Å²) >= 11 is 0. The maximum Gasteiger partial charge on any atom is 0.343 e. The van der Waals surface area contributed by atoms with E-state index in [1.165, 1.54) is 11.7 Å². The molecule has 8 nitrogen and oxygen atoms in total. The van der Waals surface area contributed by atoms with Gasteiger partial charge >= 0.3 is 5.97 Å². The summed E-state index contributed by atoms with van der Waals surface area (Å²) in [5, 5.41) is 11.7. The Hall–Kier alpha value is -3.23. The van der Waals surface area contributed by atoms with Gasteiger partial charge in [-0.05, 0) is 30.7 Å². The Bertz CT molecular complexity index is 1270. The first-order valence-electron chi connectivity index (χ1n) is 9.31. The van der Waals surface area contributed by atoms with Crippen LogP contribution in [-0.2, 0) is 26.5 Å². The van der Waals surface area contributed by atoms with Gasteiger partial charge in [0.1, 0.15) is 6.61 Å². The number of pyridine rings is 2. The van der Waals surface area contributed by atoms with Crippen LogP contribution in [0.5, 0.6) is 0 Å². The van der Waals surface area contributed by atoms with Crippen LogP contribution in [0.4, 0.5) is 5.69 Å². The van der Waals surface area contributed by atoms with Crippen LogP contribution >= 0.6 is 0 Å². The lowest BCUT2D eigenvalue weighted by Crippen LogP contribution is -2.44. The molecule has 0 saturated heterocycles. The normalized spacial score (nSPS) is 22.2. The van der Waals surface area contributed by atoms with E-state index >= 15 is 0 Å². The molecule has 1 aromatic carbocycles. The predicted octanol–water partition coefficient (Wildman–Crippen LogP) is 1.81. The fourth-order valence-electron chi connectivity index (χ4n) is 4.29. The number of methoxy groups -OCH3 is 1. The second kappa shape index (κ2) is 5.88. The average molecular weight is 393 g/mol. The number of hydrogen-bond acceptors (Lipinski definition) is 7. The van der Waals surface area contributed by atoms with Crippen molar-refractivity contribution < 1.29 is 19.4 Å².